The molecule has 184 valence electrons. The van der Waals surface area contributed by atoms with Crippen molar-refractivity contribution in [1.29, 1.82) is 0 Å². The lowest BCUT2D eigenvalue weighted by atomic mass is 9.84. The van der Waals surface area contributed by atoms with Crippen LogP contribution >= 0.6 is 11.6 Å². The van der Waals surface area contributed by atoms with E-state index < -0.39 is 11.7 Å². The summed E-state index contributed by atoms with van der Waals surface area (Å²) < 4.78 is 42.5. The molecule has 1 amide bonds. The van der Waals surface area contributed by atoms with Gasteiger partial charge in [0, 0.05) is 48.7 Å². The Morgan fingerprint density at radius 2 is 1.94 bits per heavy atom. The van der Waals surface area contributed by atoms with Crippen LogP contribution in [0.1, 0.15) is 69.7 Å². The number of pyridine rings is 1. The van der Waals surface area contributed by atoms with Crippen LogP contribution in [0.5, 0.6) is 0 Å². The Kier molecular flexibility index (Phi) is 6.11. The highest BCUT2D eigenvalue weighted by molar-refractivity contribution is 6.17. The van der Waals surface area contributed by atoms with Gasteiger partial charge in [0.05, 0.1) is 6.04 Å². The van der Waals surface area contributed by atoms with Crippen molar-refractivity contribution in [3.8, 4) is 11.3 Å². The van der Waals surface area contributed by atoms with E-state index in [9.17, 15) is 18.0 Å². The number of benzene rings is 1. The van der Waals surface area contributed by atoms with Crippen molar-refractivity contribution in [3.05, 3.63) is 69.7 Å². The fraction of sp³-hybridized carbons (Fsp3) is 0.423. The van der Waals surface area contributed by atoms with E-state index in [4.69, 9.17) is 11.6 Å². The van der Waals surface area contributed by atoms with Crippen molar-refractivity contribution in [3.63, 3.8) is 0 Å². The van der Waals surface area contributed by atoms with E-state index in [1.54, 1.807) is 12.1 Å². The zero-order chi connectivity index (χ0) is 24.9. The first-order valence-electron chi connectivity index (χ1n) is 11.8. The Bertz CT molecular complexity index is 1300. The van der Waals surface area contributed by atoms with E-state index >= 15 is 0 Å². The van der Waals surface area contributed by atoms with Gasteiger partial charge in [-0.1, -0.05) is 6.92 Å². The highest BCUT2D eigenvalue weighted by Gasteiger charge is 2.39. The largest absolute Gasteiger partial charge is 0.420 e. The number of rotatable bonds is 4. The van der Waals surface area contributed by atoms with Crippen LogP contribution in [0.3, 0.4) is 0 Å². The van der Waals surface area contributed by atoms with E-state index in [1.807, 2.05) is 11.1 Å². The number of hydrogen-bond donors (Lipinski definition) is 0. The standard InChI is InChI=1S/C26H26ClF3N4O/c1-3-17-11-19-16(13-31-17)5-4-6-23(19)34-8-7-18-20(9-15(12-27)10-21(18)25(34)35)24-22(26(28,29)30)14-33(2)32-24/h9-11,13-14,23H,3-8,12H2,1-2H3/t23-/m0/s1. The summed E-state index contributed by atoms with van der Waals surface area (Å²) in [6.45, 7) is 2.48. The monoisotopic (exact) mass is 502 g/mol. The SMILES string of the molecule is CCc1cc2c(cn1)CCC[C@@H]2N1CCc2c(cc(CCl)cc2-c2nn(C)cc2C(F)(F)F)C1=O. The van der Waals surface area contributed by atoms with Crippen molar-refractivity contribution in [2.45, 2.75) is 57.1 Å². The number of carbonyl (C=O) groups excluding carboxylic acids is 1. The molecule has 1 aliphatic carbocycles. The first kappa shape index (κ1) is 23.9. The summed E-state index contributed by atoms with van der Waals surface area (Å²) in [5.74, 6) is -0.0869. The van der Waals surface area contributed by atoms with Gasteiger partial charge in [-0.25, -0.2) is 0 Å². The summed E-state index contributed by atoms with van der Waals surface area (Å²) in [5.41, 5.74) is 4.26. The molecular weight excluding hydrogens is 477 g/mol. The summed E-state index contributed by atoms with van der Waals surface area (Å²) in [4.78, 5) is 20.2. The first-order valence-corrected chi connectivity index (χ1v) is 12.4. The third kappa shape index (κ3) is 4.22. The van der Waals surface area contributed by atoms with Gasteiger partial charge in [0.25, 0.3) is 5.91 Å². The molecule has 3 heterocycles. The predicted molar refractivity (Wildman–Crippen MR) is 127 cm³/mol. The quantitative estimate of drug-likeness (QED) is 0.419. The van der Waals surface area contributed by atoms with Gasteiger partial charge in [0.15, 0.2) is 0 Å². The zero-order valence-corrected chi connectivity index (χ0v) is 20.4. The highest BCUT2D eigenvalue weighted by atomic mass is 35.5. The second-order valence-electron chi connectivity index (χ2n) is 9.25. The molecule has 2 aromatic heterocycles. The molecule has 5 nitrogen and oxygen atoms in total. The van der Waals surface area contributed by atoms with Gasteiger partial charge in [-0.05, 0) is 72.6 Å². The Morgan fingerprint density at radius 3 is 2.66 bits per heavy atom. The third-order valence-corrected chi connectivity index (χ3v) is 7.36. The highest BCUT2D eigenvalue weighted by Crippen LogP contribution is 2.42. The van der Waals surface area contributed by atoms with Crippen LogP contribution in [-0.2, 0) is 38.4 Å². The first-order chi connectivity index (χ1) is 16.7. The number of alkyl halides is 4. The molecule has 9 heteroatoms. The second-order valence-corrected chi connectivity index (χ2v) is 9.52. The number of hydrogen-bond acceptors (Lipinski definition) is 3. The smallest absolute Gasteiger partial charge is 0.331 e. The lowest BCUT2D eigenvalue weighted by Gasteiger charge is -2.39. The summed E-state index contributed by atoms with van der Waals surface area (Å²) in [5, 5.41) is 4.14. The van der Waals surface area contributed by atoms with E-state index in [1.165, 1.54) is 7.05 Å². The molecule has 35 heavy (non-hydrogen) atoms. The fourth-order valence-electron chi connectivity index (χ4n) is 5.38. The average Bonchev–Trinajstić information content (AvgIpc) is 3.25. The van der Waals surface area contributed by atoms with Gasteiger partial charge >= 0.3 is 6.18 Å². The summed E-state index contributed by atoms with van der Waals surface area (Å²) in [6.07, 6.45) is 2.33. The van der Waals surface area contributed by atoms with Crippen molar-refractivity contribution in [2.75, 3.05) is 6.54 Å². The molecule has 0 unspecified atom stereocenters. The average molecular weight is 503 g/mol. The molecule has 3 aromatic rings. The number of halogens is 4. The maximum absolute atomic E-state index is 13.8. The minimum Gasteiger partial charge on any atom is -0.331 e. The molecule has 0 radical (unpaired) electrons. The summed E-state index contributed by atoms with van der Waals surface area (Å²) in [6, 6.07) is 5.40. The van der Waals surface area contributed by atoms with Crippen molar-refractivity contribution in [2.24, 2.45) is 7.05 Å². The lowest BCUT2D eigenvalue weighted by Crippen LogP contribution is -2.42. The van der Waals surface area contributed by atoms with Crippen LogP contribution in [0, 0.1) is 0 Å². The molecule has 0 bridgehead atoms. The predicted octanol–water partition coefficient (Wildman–Crippen LogP) is 5.88. The molecule has 0 N–H and O–H groups in total. The maximum Gasteiger partial charge on any atom is 0.420 e. The fourth-order valence-corrected chi connectivity index (χ4v) is 5.54. The van der Waals surface area contributed by atoms with Gasteiger partial charge in [0.2, 0.25) is 0 Å². The number of aromatic nitrogens is 3. The Morgan fingerprint density at radius 1 is 1.17 bits per heavy atom. The van der Waals surface area contributed by atoms with Gasteiger partial charge < -0.3 is 4.90 Å². The Hall–Kier alpha value is -2.87. The molecule has 1 aliphatic heterocycles. The van der Waals surface area contributed by atoms with E-state index in [0.717, 1.165) is 53.4 Å². The molecule has 1 atom stereocenters. The topological polar surface area (TPSA) is 51.0 Å². The maximum atomic E-state index is 13.8. The van der Waals surface area contributed by atoms with Crippen LogP contribution in [0.2, 0.25) is 0 Å². The van der Waals surface area contributed by atoms with Crippen molar-refractivity contribution in [1.82, 2.24) is 19.7 Å². The van der Waals surface area contributed by atoms with Crippen LogP contribution in [0.15, 0.2) is 30.6 Å². The van der Waals surface area contributed by atoms with Gasteiger partial charge in [-0.2, -0.15) is 18.3 Å². The molecule has 0 fully saturated rings. The molecule has 0 spiro atoms. The van der Waals surface area contributed by atoms with Gasteiger partial charge in [-0.3, -0.25) is 14.5 Å². The van der Waals surface area contributed by atoms with Crippen LogP contribution in [-0.4, -0.2) is 32.1 Å². The van der Waals surface area contributed by atoms with Crippen molar-refractivity contribution >= 4 is 17.5 Å². The molecule has 2 aliphatic rings. The van der Waals surface area contributed by atoms with E-state index in [2.05, 4.69) is 23.1 Å². The molecular formula is C26H26ClF3N4O. The Balaban J connectivity index is 1.60. The molecule has 1 aromatic carbocycles. The van der Waals surface area contributed by atoms with Crippen LogP contribution in [0.4, 0.5) is 13.2 Å². The third-order valence-electron chi connectivity index (χ3n) is 7.05. The van der Waals surface area contributed by atoms with Crippen molar-refractivity contribution < 1.29 is 18.0 Å². The summed E-state index contributed by atoms with van der Waals surface area (Å²) in [7, 11) is 1.46. The Labute approximate surface area is 206 Å². The van der Waals surface area contributed by atoms with Crippen LogP contribution < -0.4 is 0 Å². The molecule has 5 rings (SSSR count). The number of nitrogens with zero attached hydrogens (tertiary/aromatic N) is 4. The molecule has 0 saturated heterocycles. The number of carbonyl (C=O) groups is 1. The second kappa shape index (κ2) is 8.97. The minimum absolute atomic E-state index is 0.0728. The van der Waals surface area contributed by atoms with E-state index in [0.29, 0.717) is 35.2 Å². The normalized spacial score (nSPS) is 17.9. The number of fused-ring (bicyclic) bond motifs is 2. The number of aryl methyl sites for hydroxylation is 3. The zero-order valence-electron chi connectivity index (χ0n) is 19.6. The van der Waals surface area contributed by atoms with Crippen LogP contribution in [0.25, 0.3) is 11.3 Å². The molecule has 0 saturated carbocycles. The minimum atomic E-state index is -4.56. The number of amides is 1. The van der Waals surface area contributed by atoms with E-state index in [-0.39, 0.29) is 23.5 Å². The van der Waals surface area contributed by atoms with Gasteiger partial charge in [0.1, 0.15) is 11.3 Å². The lowest BCUT2D eigenvalue weighted by molar-refractivity contribution is -0.137. The summed E-state index contributed by atoms with van der Waals surface area (Å²) >= 11 is 6.12. The van der Waals surface area contributed by atoms with Gasteiger partial charge in [-0.15, -0.1) is 11.6 Å².